The van der Waals surface area contributed by atoms with Crippen molar-refractivity contribution < 1.29 is 23.4 Å². The summed E-state index contributed by atoms with van der Waals surface area (Å²) in [6.45, 7) is 0. The number of nitriles is 1. The summed E-state index contributed by atoms with van der Waals surface area (Å²) in [5, 5.41) is 26.4. The van der Waals surface area contributed by atoms with E-state index in [0.29, 0.717) is 5.56 Å². The summed E-state index contributed by atoms with van der Waals surface area (Å²) >= 11 is 0. The number of aromatic hydroxyl groups is 1. The Labute approximate surface area is 110 Å². The van der Waals surface area contributed by atoms with Gasteiger partial charge in [0.2, 0.25) is 10.0 Å². The summed E-state index contributed by atoms with van der Waals surface area (Å²) in [4.78, 5) is 11.0. The van der Waals surface area contributed by atoms with Crippen molar-refractivity contribution in [3.8, 4) is 11.8 Å². The molecule has 0 fully saturated rings. The summed E-state index contributed by atoms with van der Waals surface area (Å²) in [6.07, 6.45) is -0.0831. The number of carboxylic acid groups (broad SMARTS) is 1. The number of rotatable bonds is 6. The van der Waals surface area contributed by atoms with Gasteiger partial charge in [-0.05, 0) is 24.1 Å². The first-order valence-corrected chi connectivity index (χ1v) is 6.87. The molecule has 0 bridgehead atoms. The lowest BCUT2D eigenvalue weighted by Crippen LogP contribution is -2.43. The molecule has 0 aromatic heterocycles. The smallest absolute Gasteiger partial charge is 0.322 e. The minimum atomic E-state index is -3.95. The molecule has 8 heteroatoms. The van der Waals surface area contributed by atoms with Crippen molar-refractivity contribution in [3.05, 3.63) is 29.8 Å². The summed E-state index contributed by atoms with van der Waals surface area (Å²) in [6, 6.07) is 5.81. The number of aliphatic carboxylic acids is 1. The number of phenols is 1. The van der Waals surface area contributed by atoms with E-state index >= 15 is 0 Å². The van der Waals surface area contributed by atoms with Crippen LogP contribution in [0.3, 0.4) is 0 Å². The van der Waals surface area contributed by atoms with Crippen LogP contribution in [-0.2, 0) is 21.2 Å². The lowest BCUT2D eigenvalue weighted by Gasteiger charge is -2.13. The maximum atomic E-state index is 11.4. The number of hydrogen-bond acceptors (Lipinski definition) is 5. The number of hydrogen-bond donors (Lipinski definition) is 3. The monoisotopic (exact) mass is 284 g/mol. The predicted octanol–water partition coefficient (Wildman–Crippen LogP) is -0.169. The molecule has 0 aliphatic carbocycles. The Bertz CT molecular complexity index is 589. The Morgan fingerprint density at radius 2 is 1.95 bits per heavy atom. The van der Waals surface area contributed by atoms with Gasteiger partial charge in [0.1, 0.15) is 11.8 Å². The Hall–Kier alpha value is -2.11. The maximum absolute atomic E-state index is 11.4. The van der Waals surface area contributed by atoms with Gasteiger partial charge in [-0.3, -0.25) is 4.79 Å². The molecule has 0 spiro atoms. The van der Waals surface area contributed by atoms with E-state index in [1.807, 2.05) is 4.72 Å². The highest BCUT2D eigenvalue weighted by Gasteiger charge is 2.24. The topological polar surface area (TPSA) is 127 Å². The molecule has 19 heavy (non-hydrogen) atoms. The fourth-order valence-corrected chi connectivity index (χ4v) is 2.26. The zero-order chi connectivity index (χ0) is 14.5. The highest BCUT2D eigenvalue weighted by atomic mass is 32.2. The third-order valence-electron chi connectivity index (χ3n) is 2.25. The average molecular weight is 284 g/mol. The Morgan fingerprint density at radius 1 is 1.37 bits per heavy atom. The first-order chi connectivity index (χ1) is 8.84. The molecule has 0 unspecified atom stereocenters. The number of carbonyl (C=O) groups is 1. The third kappa shape index (κ3) is 4.95. The van der Waals surface area contributed by atoms with Gasteiger partial charge in [-0.15, -0.1) is 0 Å². The summed E-state index contributed by atoms with van der Waals surface area (Å²) < 4.78 is 24.7. The van der Waals surface area contributed by atoms with Gasteiger partial charge in [-0.25, -0.2) is 8.42 Å². The Kier molecular flexibility index (Phi) is 4.86. The molecule has 0 saturated carbocycles. The van der Waals surface area contributed by atoms with E-state index in [9.17, 15) is 13.2 Å². The fraction of sp³-hybridized carbons (Fsp3) is 0.273. The standard InChI is InChI=1S/C11H12N2O5S/c12-5-6-19(17,18)13-10(11(15)16)7-8-1-3-9(14)4-2-8/h1-4,10,13-14H,6-7H2,(H,15,16)/t10-/m1/s1. The van der Waals surface area contributed by atoms with Crippen LogP contribution in [0.15, 0.2) is 24.3 Å². The zero-order valence-corrected chi connectivity index (χ0v) is 10.6. The molecule has 1 aromatic rings. The van der Waals surface area contributed by atoms with Crippen LogP contribution in [0, 0.1) is 11.3 Å². The molecule has 0 radical (unpaired) electrons. The van der Waals surface area contributed by atoms with Crippen molar-refractivity contribution in [2.45, 2.75) is 12.5 Å². The van der Waals surface area contributed by atoms with Gasteiger partial charge < -0.3 is 10.2 Å². The van der Waals surface area contributed by atoms with Crippen LogP contribution in [0.25, 0.3) is 0 Å². The third-order valence-corrected chi connectivity index (χ3v) is 3.40. The summed E-state index contributed by atoms with van der Waals surface area (Å²) in [5.41, 5.74) is 0.546. The predicted molar refractivity (Wildman–Crippen MR) is 65.8 cm³/mol. The zero-order valence-electron chi connectivity index (χ0n) is 9.78. The van der Waals surface area contributed by atoms with E-state index in [4.69, 9.17) is 15.5 Å². The summed E-state index contributed by atoms with van der Waals surface area (Å²) in [5.74, 6) is -2.11. The highest BCUT2D eigenvalue weighted by molar-refractivity contribution is 7.89. The van der Waals surface area contributed by atoms with Crippen LogP contribution in [-0.4, -0.2) is 36.4 Å². The highest BCUT2D eigenvalue weighted by Crippen LogP contribution is 2.11. The second-order valence-electron chi connectivity index (χ2n) is 3.80. The van der Waals surface area contributed by atoms with Gasteiger partial charge in [0, 0.05) is 0 Å². The van der Waals surface area contributed by atoms with E-state index in [1.165, 1.54) is 30.3 Å². The van der Waals surface area contributed by atoms with Gasteiger partial charge in [0.15, 0.2) is 5.75 Å². The fourth-order valence-electron chi connectivity index (χ4n) is 1.39. The second-order valence-corrected chi connectivity index (χ2v) is 5.55. The molecule has 0 aliphatic rings. The molecule has 0 heterocycles. The largest absolute Gasteiger partial charge is 0.508 e. The molecule has 3 N–H and O–H groups in total. The molecule has 0 amide bonds. The molecular formula is C11H12N2O5S. The number of phenolic OH excluding ortho intramolecular Hbond substituents is 1. The Morgan fingerprint density at radius 3 is 2.42 bits per heavy atom. The Balaban J connectivity index is 2.83. The minimum absolute atomic E-state index is 0.0284. The normalized spacial score (nSPS) is 12.6. The first kappa shape index (κ1) is 14.9. The van der Waals surface area contributed by atoms with E-state index in [-0.39, 0.29) is 12.2 Å². The SMILES string of the molecule is N#CCS(=O)(=O)N[C@H](Cc1ccc(O)cc1)C(=O)O. The lowest BCUT2D eigenvalue weighted by molar-refractivity contribution is -0.138. The van der Waals surface area contributed by atoms with Crippen molar-refractivity contribution in [1.29, 1.82) is 5.26 Å². The summed E-state index contributed by atoms with van der Waals surface area (Å²) in [7, 11) is -3.95. The number of nitrogens with zero attached hydrogens (tertiary/aromatic N) is 1. The molecule has 1 rings (SSSR count). The maximum Gasteiger partial charge on any atom is 0.322 e. The number of sulfonamides is 1. The van der Waals surface area contributed by atoms with Crippen molar-refractivity contribution in [3.63, 3.8) is 0 Å². The van der Waals surface area contributed by atoms with Crippen molar-refractivity contribution >= 4 is 16.0 Å². The van der Waals surface area contributed by atoms with E-state index < -0.39 is 27.8 Å². The number of carboxylic acids is 1. The molecule has 1 aromatic carbocycles. The number of nitrogens with one attached hydrogen (secondary N) is 1. The molecule has 1 atom stereocenters. The van der Waals surface area contributed by atoms with Gasteiger partial charge in [-0.1, -0.05) is 12.1 Å². The molecule has 7 nitrogen and oxygen atoms in total. The van der Waals surface area contributed by atoms with Crippen LogP contribution in [0.1, 0.15) is 5.56 Å². The molecule has 0 saturated heterocycles. The van der Waals surface area contributed by atoms with E-state index in [2.05, 4.69) is 0 Å². The average Bonchev–Trinajstić information content (AvgIpc) is 2.30. The van der Waals surface area contributed by atoms with E-state index in [0.717, 1.165) is 0 Å². The van der Waals surface area contributed by atoms with Crippen LogP contribution < -0.4 is 4.72 Å². The molecule has 0 aliphatic heterocycles. The first-order valence-electron chi connectivity index (χ1n) is 5.22. The minimum Gasteiger partial charge on any atom is -0.508 e. The quantitative estimate of drug-likeness (QED) is 0.665. The van der Waals surface area contributed by atoms with Crippen molar-refractivity contribution in [2.24, 2.45) is 0 Å². The van der Waals surface area contributed by atoms with Gasteiger partial charge in [-0.2, -0.15) is 9.98 Å². The second kappa shape index (κ2) is 6.17. The van der Waals surface area contributed by atoms with E-state index in [1.54, 1.807) is 0 Å². The van der Waals surface area contributed by atoms with Gasteiger partial charge in [0.25, 0.3) is 0 Å². The van der Waals surface area contributed by atoms with Crippen molar-refractivity contribution in [2.75, 3.05) is 5.75 Å². The van der Waals surface area contributed by atoms with Crippen LogP contribution >= 0.6 is 0 Å². The van der Waals surface area contributed by atoms with Crippen LogP contribution in [0.2, 0.25) is 0 Å². The van der Waals surface area contributed by atoms with Crippen LogP contribution in [0.5, 0.6) is 5.75 Å². The van der Waals surface area contributed by atoms with Crippen molar-refractivity contribution in [1.82, 2.24) is 4.72 Å². The molecular weight excluding hydrogens is 272 g/mol. The van der Waals surface area contributed by atoms with Gasteiger partial charge in [0.05, 0.1) is 6.07 Å². The molecule has 102 valence electrons. The van der Waals surface area contributed by atoms with Gasteiger partial charge >= 0.3 is 5.97 Å². The lowest BCUT2D eigenvalue weighted by atomic mass is 10.1. The number of benzene rings is 1. The van der Waals surface area contributed by atoms with Crippen LogP contribution in [0.4, 0.5) is 0 Å².